The molecule has 166 valence electrons. The van der Waals surface area contributed by atoms with Gasteiger partial charge in [-0.3, -0.25) is 4.79 Å². The molecule has 0 saturated heterocycles. The highest BCUT2D eigenvalue weighted by atomic mass is 32.1. The van der Waals surface area contributed by atoms with E-state index in [9.17, 15) is 14.7 Å². The summed E-state index contributed by atoms with van der Waals surface area (Å²) in [7, 11) is 0. The number of carbonyl (C=O) groups excluding carboxylic acids is 1. The number of aliphatic carboxylic acids is 1. The molecule has 5 nitrogen and oxygen atoms in total. The van der Waals surface area contributed by atoms with Crippen LogP contribution in [0.1, 0.15) is 29.0 Å². The van der Waals surface area contributed by atoms with Crippen molar-refractivity contribution >= 4 is 33.5 Å². The van der Waals surface area contributed by atoms with Crippen LogP contribution >= 0.6 is 11.3 Å². The first kappa shape index (κ1) is 21.2. The Kier molecular flexibility index (Phi) is 5.84. The maximum absolute atomic E-state index is 12.7. The van der Waals surface area contributed by atoms with E-state index in [1.807, 2.05) is 53.9 Å². The molecule has 3 aromatic carbocycles. The molecule has 0 aliphatic heterocycles. The molecular weight excluding hydrogens is 434 g/mol. The minimum atomic E-state index is -0.960. The fourth-order valence-corrected chi connectivity index (χ4v) is 5.62. The summed E-state index contributed by atoms with van der Waals surface area (Å²) in [5, 5.41) is 15.3. The van der Waals surface area contributed by atoms with E-state index in [1.54, 1.807) is 11.3 Å². The number of alkyl carbamates (subject to hydrolysis) is 1. The van der Waals surface area contributed by atoms with E-state index in [0.29, 0.717) is 6.42 Å². The zero-order chi connectivity index (χ0) is 22.8. The molecule has 4 aromatic rings. The van der Waals surface area contributed by atoms with Crippen LogP contribution in [0.4, 0.5) is 4.79 Å². The molecular formula is C27H23NO4S. The predicted molar refractivity (Wildman–Crippen MR) is 130 cm³/mol. The molecule has 5 rings (SSSR count). The van der Waals surface area contributed by atoms with Gasteiger partial charge < -0.3 is 15.2 Å². The minimum absolute atomic E-state index is 0.0399. The van der Waals surface area contributed by atoms with Crippen molar-refractivity contribution in [3.05, 3.63) is 94.9 Å². The van der Waals surface area contributed by atoms with Crippen LogP contribution in [0.5, 0.6) is 0 Å². The number of benzene rings is 3. The number of nitrogens with one attached hydrogen (secondary N) is 1. The van der Waals surface area contributed by atoms with Crippen LogP contribution in [0.15, 0.2) is 78.2 Å². The van der Waals surface area contributed by atoms with Gasteiger partial charge >= 0.3 is 12.1 Å². The Labute approximate surface area is 195 Å². The van der Waals surface area contributed by atoms with E-state index < -0.39 is 18.1 Å². The quantitative estimate of drug-likeness (QED) is 0.366. The molecule has 0 bridgehead atoms. The summed E-state index contributed by atoms with van der Waals surface area (Å²) in [5.41, 5.74) is 5.63. The number of ether oxygens (including phenoxy) is 1. The van der Waals surface area contributed by atoms with E-state index in [1.165, 1.54) is 0 Å². The molecule has 33 heavy (non-hydrogen) atoms. The first-order valence-electron chi connectivity index (χ1n) is 10.9. The topological polar surface area (TPSA) is 75.6 Å². The molecule has 1 heterocycles. The average Bonchev–Trinajstić information content (AvgIpc) is 3.36. The van der Waals surface area contributed by atoms with Gasteiger partial charge in [-0.2, -0.15) is 0 Å². The molecule has 1 aliphatic rings. The number of hydrogen-bond donors (Lipinski definition) is 2. The molecule has 1 aromatic heterocycles. The van der Waals surface area contributed by atoms with E-state index >= 15 is 0 Å². The van der Waals surface area contributed by atoms with Crippen LogP contribution in [0, 0.1) is 0 Å². The van der Waals surface area contributed by atoms with Crippen molar-refractivity contribution in [2.24, 2.45) is 0 Å². The first-order chi connectivity index (χ1) is 16.1. The summed E-state index contributed by atoms with van der Waals surface area (Å²) in [5.74, 6) is -1.000. The molecule has 1 atom stereocenters. The van der Waals surface area contributed by atoms with Crippen molar-refractivity contribution in [2.75, 3.05) is 6.61 Å². The van der Waals surface area contributed by atoms with Gasteiger partial charge in [0.2, 0.25) is 0 Å². The Hall–Kier alpha value is -3.64. The van der Waals surface area contributed by atoms with Crippen molar-refractivity contribution in [2.45, 2.75) is 24.8 Å². The van der Waals surface area contributed by atoms with Gasteiger partial charge in [0.05, 0.1) is 6.42 Å². The monoisotopic (exact) mass is 457 g/mol. The number of hydrogen-bond acceptors (Lipinski definition) is 4. The first-order valence-corrected chi connectivity index (χ1v) is 11.8. The van der Waals surface area contributed by atoms with Crippen LogP contribution in [0.2, 0.25) is 0 Å². The number of rotatable bonds is 7. The van der Waals surface area contributed by atoms with Crippen LogP contribution in [-0.2, 0) is 16.0 Å². The van der Waals surface area contributed by atoms with Crippen LogP contribution in [-0.4, -0.2) is 29.8 Å². The summed E-state index contributed by atoms with van der Waals surface area (Å²) < 4.78 is 6.76. The van der Waals surface area contributed by atoms with Gasteiger partial charge in [0.25, 0.3) is 0 Å². The lowest BCUT2D eigenvalue weighted by Gasteiger charge is -2.19. The number of carboxylic acid groups (broad SMARTS) is 1. The minimum Gasteiger partial charge on any atom is -0.481 e. The van der Waals surface area contributed by atoms with E-state index in [0.717, 1.165) is 37.9 Å². The third-order valence-corrected chi connectivity index (χ3v) is 7.13. The molecule has 0 fully saturated rings. The van der Waals surface area contributed by atoms with Gasteiger partial charge in [-0.1, -0.05) is 66.7 Å². The summed E-state index contributed by atoms with van der Waals surface area (Å²) in [6.07, 6.45) is -0.336. The zero-order valence-electron chi connectivity index (χ0n) is 17.9. The van der Waals surface area contributed by atoms with Gasteiger partial charge in [0.1, 0.15) is 6.61 Å². The zero-order valence-corrected chi connectivity index (χ0v) is 18.7. The molecule has 6 heteroatoms. The largest absolute Gasteiger partial charge is 0.481 e. The van der Waals surface area contributed by atoms with Crippen molar-refractivity contribution in [3.63, 3.8) is 0 Å². The highest BCUT2D eigenvalue weighted by molar-refractivity contribution is 7.17. The second-order valence-corrected chi connectivity index (χ2v) is 9.14. The fourth-order valence-electron chi connectivity index (χ4n) is 4.65. The predicted octanol–water partition coefficient (Wildman–Crippen LogP) is 5.83. The molecule has 0 radical (unpaired) electrons. The molecule has 0 spiro atoms. The SMILES string of the molecule is O=C(O)C[C@@H](Cc1csc2ccccc12)NC(=O)OCC1c2ccccc2-c2ccccc21. The normalized spacial score (nSPS) is 13.3. The van der Waals surface area contributed by atoms with Crippen LogP contribution < -0.4 is 5.32 Å². The van der Waals surface area contributed by atoms with Crippen molar-refractivity contribution in [1.29, 1.82) is 0 Å². The fraction of sp³-hybridized carbons (Fsp3) is 0.185. The second kappa shape index (κ2) is 9.08. The van der Waals surface area contributed by atoms with Gasteiger partial charge in [-0.05, 0) is 51.1 Å². The Morgan fingerprint density at radius 1 is 0.939 bits per heavy atom. The maximum atomic E-state index is 12.7. The Bertz CT molecular complexity index is 1280. The number of carbonyl (C=O) groups is 2. The number of fused-ring (bicyclic) bond motifs is 4. The summed E-state index contributed by atoms with van der Waals surface area (Å²) in [4.78, 5) is 24.1. The lowest BCUT2D eigenvalue weighted by Crippen LogP contribution is -2.38. The van der Waals surface area contributed by atoms with E-state index in [-0.39, 0.29) is 18.9 Å². The lowest BCUT2D eigenvalue weighted by molar-refractivity contribution is -0.137. The molecule has 0 saturated carbocycles. The Morgan fingerprint density at radius 3 is 2.27 bits per heavy atom. The highest BCUT2D eigenvalue weighted by Crippen LogP contribution is 2.44. The summed E-state index contributed by atoms with van der Waals surface area (Å²) >= 11 is 1.62. The van der Waals surface area contributed by atoms with Gasteiger partial charge in [0, 0.05) is 16.7 Å². The molecule has 1 aliphatic carbocycles. The van der Waals surface area contributed by atoms with Crippen molar-refractivity contribution in [1.82, 2.24) is 5.32 Å². The van der Waals surface area contributed by atoms with Crippen LogP contribution in [0.3, 0.4) is 0 Å². The standard InChI is InChI=1S/C27H23NO4S/c29-26(30)14-18(13-17-16-33-25-12-6-5-7-19(17)25)28-27(31)32-15-24-22-10-3-1-8-20(22)21-9-2-4-11-23(21)24/h1-12,16,18,24H,13-15H2,(H,28,31)(H,29,30)/t18-/m1/s1. The number of carboxylic acids is 1. The van der Waals surface area contributed by atoms with E-state index in [4.69, 9.17) is 4.74 Å². The van der Waals surface area contributed by atoms with Crippen molar-refractivity contribution in [3.8, 4) is 11.1 Å². The van der Waals surface area contributed by atoms with E-state index in [2.05, 4.69) is 29.6 Å². The molecule has 1 amide bonds. The maximum Gasteiger partial charge on any atom is 0.407 e. The third kappa shape index (κ3) is 4.34. The summed E-state index contributed by atoms with van der Waals surface area (Å²) in [6, 6.07) is 23.7. The number of amides is 1. The Morgan fingerprint density at radius 2 is 1.58 bits per heavy atom. The van der Waals surface area contributed by atoms with Crippen molar-refractivity contribution < 1.29 is 19.4 Å². The van der Waals surface area contributed by atoms with Crippen LogP contribution in [0.25, 0.3) is 21.2 Å². The Balaban J connectivity index is 1.28. The van der Waals surface area contributed by atoms with Gasteiger partial charge in [-0.25, -0.2) is 4.79 Å². The molecule has 0 unspecified atom stereocenters. The molecule has 2 N–H and O–H groups in total. The number of thiophene rings is 1. The average molecular weight is 458 g/mol. The van der Waals surface area contributed by atoms with Gasteiger partial charge in [-0.15, -0.1) is 11.3 Å². The smallest absolute Gasteiger partial charge is 0.407 e. The van der Waals surface area contributed by atoms with Gasteiger partial charge in [0.15, 0.2) is 0 Å². The summed E-state index contributed by atoms with van der Waals surface area (Å²) in [6.45, 7) is 0.195. The third-order valence-electron chi connectivity index (χ3n) is 6.11. The second-order valence-electron chi connectivity index (χ2n) is 8.23. The highest BCUT2D eigenvalue weighted by Gasteiger charge is 2.29. The lowest BCUT2D eigenvalue weighted by atomic mass is 9.98.